The number of likely N-dealkylation sites (tertiary alicyclic amines) is 1. The molecule has 112 valence electrons. The number of phenols is 1. The third-order valence-corrected chi connectivity index (χ3v) is 4.19. The summed E-state index contributed by atoms with van der Waals surface area (Å²) in [4.78, 5) is 2.49. The molecule has 2 rings (SSSR count). The van der Waals surface area contributed by atoms with Crippen LogP contribution in [0.4, 0.5) is 0 Å². The van der Waals surface area contributed by atoms with Crippen molar-refractivity contribution in [2.24, 2.45) is 5.92 Å². The average Bonchev–Trinajstić information content (AvgIpc) is 2.48. The van der Waals surface area contributed by atoms with Gasteiger partial charge in [0.2, 0.25) is 0 Å². The van der Waals surface area contributed by atoms with E-state index in [1.54, 1.807) is 20.3 Å². The highest BCUT2D eigenvalue weighted by Crippen LogP contribution is 2.32. The molecule has 0 aromatic heterocycles. The number of piperidine rings is 1. The van der Waals surface area contributed by atoms with E-state index >= 15 is 0 Å². The molecule has 0 bridgehead atoms. The highest BCUT2D eigenvalue weighted by atomic mass is 16.5. The van der Waals surface area contributed by atoms with Gasteiger partial charge < -0.3 is 14.6 Å². The summed E-state index contributed by atoms with van der Waals surface area (Å²) in [5.41, 5.74) is 1.18. The van der Waals surface area contributed by atoms with E-state index in [1.165, 1.54) is 18.4 Å². The van der Waals surface area contributed by atoms with Crippen LogP contribution in [0.2, 0.25) is 0 Å². The van der Waals surface area contributed by atoms with Crippen molar-refractivity contribution in [2.75, 3.05) is 33.9 Å². The van der Waals surface area contributed by atoms with Crippen molar-refractivity contribution < 1.29 is 14.6 Å². The Morgan fingerprint density at radius 3 is 2.90 bits per heavy atom. The van der Waals surface area contributed by atoms with Crippen LogP contribution in [0.3, 0.4) is 0 Å². The number of benzene rings is 1. The summed E-state index contributed by atoms with van der Waals surface area (Å²) in [5, 5.41) is 9.68. The van der Waals surface area contributed by atoms with E-state index in [9.17, 15) is 5.11 Å². The van der Waals surface area contributed by atoms with Crippen LogP contribution in [0.15, 0.2) is 18.2 Å². The van der Waals surface area contributed by atoms with Gasteiger partial charge in [0.1, 0.15) is 0 Å². The van der Waals surface area contributed by atoms with E-state index in [2.05, 4.69) is 11.8 Å². The van der Waals surface area contributed by atoms with Gasteiger partial charge in [-0.1, -0.05) is 6.07 Å². The van der Waals surface area contributed by atoms with Gasteiger partial charge in [-0.2, -0.15) is 0 Å². The van der Waals surface area contributed by atoms with E-state index in [0.717, 1.165) is 19.7 Å². The van der Waals surface area contributed by atoms with E-state index in [4.69, 9.17) is 9.47 Å². The maximum atomic E-state index is 9.68. The van der Waals surface area contributed by atoms with Crippen LogP contribution >= 0.6 is 0 Å². The summed E-state index contributed by atoms with van der Waals surface area (Å²) in [6.45, 7) is 5.23. The minimum absolute atomic E-state index is 0.194. The first-order valence-corrected chi connectivity index (χ1v) is 7.25. The molecule has 4 nitrogen and oxygen atoms in total. The Labute approximate surface area is 121 Å². The van der Waals surface area contributed by atoms with Crippen molar-refractivity contribution >= 4 is 0 Å². The van der Waals surface area contributed by atoms with E-state index in [0.29, 0.717) is 17.7 Å². The fraction of sp³-hybridized carbons (Fsp3) is 0.625. The van der Waals surface area contributed by atoms with Gasteiger partial charge in [0.05, 0.1) is 13.7 Å². The number of phenolic OH excluding ortho intramolecular Hbond substituents is 1. The summed E-state index contributed by atoms with van der Waals surface area (Å²) in [6.07, 6.45) is 2.46. The molecule has 0 amide bonds. The number of ether oxygens (including phenoxy) is 2. The lowest BCUT2D eigenvalue weighted by Crippen LogP contribution is -2.38. The number of nitrogens with zero attached hydrogens (tertiary/aromatic N) is 1. The van der Waals surface area contributed by atoms with Crippen LogP contribution in [-0.4, -0.2) is 43.9 Å². The molecule has 1 saturated heterocycles. The van der Waals surface area contributed by atoms with Crippen LogP contribution < -0.4 is 4.74 Å². The first-order valence-electron chi connectivity index (χ1n) is 7.25. The third kappa shape index (κ3) is 3.44. The second kappa shape index (κ2) is 6.95. The molecular weight excluding hydrogens is 254 g/mol. The van der Waals surface area contributed by atoms with E-state index in [1.807, 2.05) is 12.1 Å². The Balaban J connectivity index is 2.08. The molecule has 0 radical (unpaired) electrons. The Hall–Kier alpha value is -1.26. The van der Waals surface area contributed by atoms with Crippen molar-refractivity contribution in [3.05, 3.63) is 23.8 Å². The zero-order chi connectivity index (χ0) is 14.5. The summed E-state index contributed by atoms with van der Waals surface area (Å²) in [5.74, 6) is 1.36. The van der Waals surface area contributed by atoms with Gasteiger partial charge in [-0.25, -0.2) is 0 Å². The first-order chi connectivity index (χ1) is 9.65. The van der Waals surface area contributed by atoms with Crippen molar-refractivity contribution in [3.63, 3.8) is 0 Å². The molecule has 1 aliphatic heterocycles. The van der Waals surface area contributed by atoms with Crippen LogP contribution in [0.5, 0.6) is 11.5 Å². The highest BCUT2D eigenvalue weighted by Gasteiger charge is 2.24. The van der Waals surface area contributed by atoms with Crippen LogP contribution in [0.25, 0.3) is 0 Å². The van der Waals surface area contributed by atoms with Crippen LogP contribution in [0, 0.1) is 5.92 Å². The Morgan fingerprint density at radius 2 is 2.20 bits per heavy atom. The second-order valence-electron chi connectivity index (χ2n) is 5.57. The van der Waals surface area contributed by atoms with Gasteiger partial charge in [0, 0.05) is 19.7 Å². The average molecular weight is 279 g/mol. The zero-order valence-corrected chi connectivity index (χ0v) is 12.6. The molecule has 1 fully saturated rings. The minimum atomic E-state index is 0.194. The monoisotopic (exact) mass is 279 g/mol. The zero-order valence-electron chi connectivity index (χ0n) is 12.6. The Bertz CT molecular complexity index is 434. The van der Waals surface area contributed by atoms with Gasteiger partial charge in [-0.15, -0.1) is 0 Å². The standard InChI is InChI=1S/C16H25NO3/c1-12(14-6-7-15(18)16(9-14)20-3)17-8-4-5-13(10-17)11-19-2/h6-7,9,12-13,18H,4-5,8,10-11H2,1-3H3. The van der Waals surface area contributed by atoms with Crippen molar-refractivity contribution in [1.82, 2.24) is 4.90 Å². The molecule has 1 aromatic carbocycles. The molecule has 0 spiro atoms. The lowest BCUT2D eigenvalue weighted by Gasteiger charge is -2.36. The number of aromatic hydroxyl groups is 1. The van der Waals surface area contributed by atoms with Gasteiger partial charge in [-0.3, -0.25) is 4.90 Å². The smallest absolute Gasteiger partial charge is 0.160 e. The fourth-order valence-electron chi connectivity index (χ4n) is 2.99. The molecule has 1 N–H and O–H groups in total. The SMILES string of the molecule is COCC1CCCN(C(C)c2ccc(O)c(OC)c2)C1. The maximum Gasteiger partial charge on any atom is 0.160 e. The van der Waals surface area contributed by atoms with Crippen LogP contribution in [-0.2, 0) is 4.74 Å². The number of hydrogen-bond donors (Lipinski definition) is 1. The van der Waals surface area contributed by atoms with Gasteiger partial charge in [-0.05, 0) is 49.9 Å². The lowest BCUT2D eigenvalue weighted by atomic mass is 9.96. The number of rotatable bonds is 5. The molecule has 4 heteroatoms. The third-order valence-electron chi connectivity index (χ3n) is 4.19. The number of hydrogen-bond acceptors (Lipinski definition) is 4. The quantitative estimate of drug-likeness (QED) is 0.900. The predicted molar refractivity (Wildman–Crippen MR) is 79.2 cm³/mol. The summed E-state index contributed by atoms with van der Waals surface area (Å²) in [7, 11) is 3.35. The van der Waals surface area contributed by atoms with Crippen molar-refractivity contribution in [3.8, 4) is 11.5 Å². The minimum Gasteiger partial charge on any atom is -0.504 e. The Kier molecular flexibility index (Phi) is 5.26. The topological polar surface area (TPSA) is 41.9 Å². The summed E-state index contributed by atoms with van der Waals surface area (Å²) < 4.78 is 10.5. The van der Waals surface area contributed by atoms with Crippen LogP contribution in [0.1, 0.15) is 31.4 Å². The van der Waals surface area contributed by atoms with Gasteiger partial charge in [0.25, 0.3) is 0 Å². The van der Waals surface area contributed by atoms with Crippen molar-refractivity contribution in [2.45, 2.75) is 25.8 Å². The Morgan fingerprint density at radius 1 is 1.40 bits per heavy atom. The number of methoxy groups -OCH3 is 2. The molecule has 1 heterocycles. The second-order valence-corrected chi connectivity index (χ2v) is 5.57. The van der Waals surface area contributed by atoms with Gasteiger partial charge in [0.15, 0.2) is 11.5 Å². The molecule has 2 unspecified atom stereocenters. The molecule has 20 heavy (non-hydrogen) atoms. The largest absolute Gasteiger partial charge is 0.504 e. The first kappa shape index (κ1) is 15.1. The fourth-order valence-corrected chi connectivity index (χ4v) is 2.99. The van der Waals surface area contributed by atoms with Gasteiger partial charge >= 0.3 is 0 Å². The molecule has 1 aliphatic rings. The lowest BCUT2D eigenvalue weighted by molar-refractivity contribution is 0.0721. The van der Waals surface area contributed by atoms with E-state index < -0.39 is 0 Å². The maximum absolute atomic E-state index is 9.68. The normalized spacial score (nSPS) is 21.6. The van der Waals surface area contributed by atoms with E-state index in [-0.39, 0.29) is 5.75 Å². The van der Waals surface area contributed by atoms with Crippen molar-refractivity contribution in [1.29, 1.82) is 0 Å². The highest BCUT2D eigenvalue weighted by molar-refractivity contribution is 5.42. The summed E-state index contributed by atoms with van der Waals surface area (Å²) >= 11 is 0. The molecular formula is C16H25NO3. The molecule has 0 aliphatic carbocycles. The molecule has 1 aromatic rings. The summed E-state index contributed by atoms with van der Waals surface area (Å²) in [6, 6.07) is 5.94. The molecule has 2 atom stereocenters. The molecule has 0 saturated carbocycles. The predicted octanol–water partition coefficient (Wildman–Crippen LogP) is 2.82.